The van der Waals surface area contributed by atoms with E-state index >= 15 is 0 Å². The van der Waals surface area contributed by atoms with E-state index in [0.717, 1.165) is 24.4 Å². The summed E-state index contributed by atoms with van der Waals surface area (Å²) < 4.78 is 5.71. The van der Waals surface area contributed by atoms with Gasteiger partial charge in [-0.1, -0.05) is 18.2 Å². The average Bonchev–Trinajstić information content (AvgIpc) is 2.62. The van der Waals surface area contributed by atoms with Crippen LogP contribution < -0.4 is 10.1 Å². The summed E-state index contributed by atoms with van der Waals surface area (Å²) >= 11 is 0. The van der Waals surface area contributed by atoms with Crippen molar-refractivity contribution in [3.63, 3.8) is 0 Å². The third-order valence-electron chi connectivity index (χ3n) is 5.12. The quantitative estimate of drug-likeness (QED) is 0.882. The first kappa shape index (κ1) is 16.8. The van der Waals surface area contributed by atoms with E-state index in [9.17, 15) is 9.59 Å². The van der Waals surface area contributed by atoms with Gasteiger partial charge in [-0.05, 0) is 19.4 Å². The van der Waals surface area contributed by atoms with Crippen molar-refractivity contribution in [1.29, 1.82) is 0 Å². The van der Waals surface area contributed by atoms with Gasteiger partial charge in [0.05, 0.1) is 18.6 Å². The van der Waals surface area contributed by atoms with E-state index in [1.165, 1.54) is 0 Å². The number of piperazine rings is 1. The van der Waals surface area contributed by atoms with E-state index in [0.29, 0.717) is 32.7 Å². The Bertz CT molecular complexity index is 626. The Hall–Kier alpha value is -2.08. The summed E-state index contributed by atoms with van der Waals surface area (Å²) in [6, 6.07) is 7.82. The molecule has 1 saturated heterocycles. The molecule has 24 heavy (non-hydrogen) atoms. The third kappa shape index (κ3) is 3.11. The Kier molecular flexibility index (Phi) is 4.76. The van der Waals surface area contributed by atoms with Crippen LogP contribution in [0.4, 0.5) is 0 Å². The second-order valence-corrected chi connectivity index (χ2v) is 6.67. The fraction of sp³-hybridized carbons (Fsp3) is 0.556. The summed E-state index contributed by atoms with van der Waals surface area (Å²) in [7, 11) is 1.64. The van der Waals surface area contributed by atoms with Crippen LogP contribution in [0.25, 0.3) is 0 Å². The number of carbonyl (C=O) groups excluding carboxylic acids is 2. The van der Waals surface area contributed by atoms with Gasteiger partial charge >= 0.3 is 0 Å². The van der Waals surface area contributed by atoms with Gasteiger partial charge in [0.15, 0.2) is 0 Å². The molecule has 0 aliphatic carbocycles. The first-order chi connectivity index (χ1) is 11.5. The summed E-state index contributed by atoms with van der Waals surface area (Å²) in [6.07, 6.45) is 0.696. The first-order valence-electron chi connectivity index (χ1n) is 8.49. The molecule has 130 valence electrons. The van der Waals surface area contributed by atoms with Crippen LogP contribution in [0.3, 0.4) is 0 Å². The van der Waals surface area contributed by atoms with Gasteiger partial charge in [-0.25, -0.2) is 0 Å². The Labute approximate surface area is 142 Å². The van der Waals surface area contributed by atoms with E-state index in [1.54, 1.807) is 7.05 Å². The largest absolute Gasteiger partial charge is 0.493 e. The Morgan fingerprint density at radius 3 is 2.62 bits per heavy atom. The van der Waals surface area contributed by atoms with Crippen molar-refractivity contribution in [3.05, 3.63) is 29.8 Å². The standard InChI is InChI=1S/C18H25N3O3/c1-18(7-12-24-15-6-4-3-5-14(15)18)17(23)21-10-8-20(9-11-21)13-16(22)19-2/h3-6H,7-13H2,1-2H3,(H,19,22). The molecule has 0 radical (unpaired) electrons. The predicted octanol–water partition coefficient (Wildman–Crippen LogP) is 0.617. The van der Waals surface area contributed by atoms with Crippen molar-refractivity contribution >= 4 is 11.8 Å². The second-order valence-electron chi connectivity index (χ2n) is 6.67. The summed E-state index contributed by atoms with van der Waals surface area (Å²) in [6.45, 7) is 5.76. The van der Waals surface area contributed by atoms with Gasteiger partial charge < -0.3 is 15.0 Å². The molecule has 0 spiro atoms. The smallest absolute Gasteiger partial charge is 0.233 e. The molecule has 0 aromatic heterocycles. The first-order valence-corrected chi connectivity index (χ1v) is 8.49. The molecule has 2 amide bonds. The molecule has 1 aromatic rings. The molecular formula is C18H25N3O3. The highest BCUT2D eigenvalue weighted by Gasteiger charge is 2.43. The fourth-order valence-corrected chi connectivity index (χ4v) is 3.51. The molecule has 2 aliphatic rings. The fourth-order valence-electron chi connectivity index (χ4n) is 3.51. The summed E-state index contributed by atoms with van der Waals surface area (Å²) in [4.78, 5) is 28.7. The predicted molar refractivity (Wildman–Crippen MR) is 91.0 cm³/mol. The third-order valence-corrected chi connectivity index (χ3v) is 5.12. The van der Waals surface area contributed by atoms with Crippen LogP contribution in [0.1, 0.15) is 18.9 Å². The lowest BCUT2D eigenvalue weighted by molar-refractivity contribution is -0.140. The van der Waals surface area contributed by atoms with E-state index in [4.69, 9.17) is 4.74 Å². The highest BCUT2D eigenvalue weighted by atomic mass is 16.5. The lowest BCUT2D eigenvalue weighted by Gasteiger charge is -2.41. The van der Waals surface area contributed by atoms with Crippen molar-refractivity contribution in [2.75, 3.05) is 46.4 Å². The molecule has 1 atom stereocenters. The van der Waals surface area contributed by atoms with E-state index in [1.807, 2.05) is 36.1 Å². The van der Waals surface area contributed by atoms with Gasteiger partial charge in [0.25, 0.3) is 0 Å². The summed E-state index contributed by atoms with van der Waals surface area (Å²) in [5, 5.41) is 2.64. The van der Waals surface area contributed by atoms with Crippen LogP contribution in [-0.4, -0.2) is 68.0 Å². The Balaban J connectivity index is 1.69. The zero-order chi connectivity index (χ0) is 17.2. The van der Waals surface area contributed by atoms with Crippen LogP contribution in [0.2, 0.25) is 0 Å². The average molecular weight is 331 g/mol. The number of fused-ring (bicyclic) bond motifs is 1. The van der Waals surface area contributed by atoms with E-state index in [2.05, 4.69) is 10.2 Å². The minimum absolute atomic E-state index is 0.0140. The van der Waals surface area contributed by atoms with Crippen molar-refractivity contribution in [3.8, 4) is 5.75 Å². The molecular weight excluding hydrogens is 306 g/mol. The number of rotatable bonds is 3. The highest BCUT2D eigenvalue weighted by Crippen LogP contribution is 2.39. The molecule has 1 fully saturated rings. The monoisotopic (exact) mass is 331 g/mol. The molecule has 3 rings (SSSR count). The zero-order valence-corrected chi connectivity index (χ0v) is 14.4. The van der Waals surface area contributed by atoms with Gasteiger partial charge in [0.2, 0.25) is 11.8 Å². The number of hydrogen-bond donors (Lipinski definition) is 1. The molecule has 1 N–H and O–H groups in total. The van der Waals surface area contributed by atoms with Gasteiger partial charge in [0, 0.05) is 38.8 Å². The Morgan fingerprint density at radius 2 is 1.92 bits per heavy atom. The van der Waals surface area contributed by atoms with Crippen LogP contribution >= 0.6 is 0 Å². The molecule has 1 unspecified atom stereocenters. The number of benzene rings is 1. The maximum atomic E-state index is 13.2. The molecule has 1 aromatic carbocycles. The maximum Gasteiger partial charge on any atom is 0.233 e. The van der Waals surface area contributed by atoms with Crippen molar-refractivity contribution < 1.29 is 14.3 Å². The highest BCUT2D eigenvalue weighted by molar-refractivity contribution is 5.89. The van der Waals surface area contributed by atoms with Crippen LogP contribution in [0, 0.1) is 0 Å². The van der Waals surface area contributed by atoms with E-state index < -0.39 is 5.41 Å². The topological polar surface area (TPSA) is 61.9 Å². The molecule has 0 saturated carbocycles. The minimum atomic E-state index is -0.530. The number of amides is 2. The lowest BCUT2D eigenvalue weighted by atomic mass is 9.76. The number of nitrogens with zero attached hydrogens (tertiary/aromatic N) is 2. The van der Waals surface area contributed by atoms with E-state index in [-0.39, 0.29) is 11.8 Å². The SMILES string of the molecule is CNC(=O)CN1CCN(C(=O)C2(C)CCOc3ccccc32)CC1. The van der Waals surface area contributed by atoms with Gasteiger partial charge in [-0.2, -0.15) is 0 Å². The number of para-hydroxylation sites is 1. The molecule has 2 aliphatic heterocycles. The van der Waals surface area contributed by atoms with Gasteiger partial charge in [0.1, 0.15) is 5.75 Å². The van der Waals surface area contributed by atoms with Crippen LogP contribution in [0.5, 0.6) is 5.75 Å². The Morgan fingerprint density at radius 1 is 1.21 bits per heavy atom. The van der Waals surface area contributed by atoms with Crippen LogP contribution in [-0.2, 0) is 15.0 Å². The maximum absolute atomic E-state index is 13.2. The van der Waals surface area contributed by atoms with Gasteiger partial charge in [-0.3, -0.25) is 14.5 Å². The summed E-state index contributed by atoms with van der Waals surface area (Å²) in [5.74, 6) is 0.996. The minimum Gasteiger partial charge on any atom is -0.493 e. The molecule has 0 bridgehead atoms. The van der Waals surface area contributed by atoms with Crippen LogP contribution in [0.15, 0.2) is 24.3 Å². The molecule has 6 nitrogen and oxygen atoms in total. The summed E-state index contributed by atoms with van der Waals surface area (Å²) in [5.41, 5.74) is 0.451. The number of carbonyl (C=O) groups is 2. The number of likely N-dealkylation sites (N-methyl/N-ethyl adjacent to an activating group) is 1. The normalized spacial score (nSPS) is 24.0. The van der Waals surface area contributed by atoms with Crippen molar-refractivity contribution in [1.82, 2.24) is 15.1 Å². The number of ether oxygens (including phenoxy) is 1. The zero-order valence-electron chi connectivity index (χ0n) is 14.4. The second kappa shape index (κ2) is 6.81. The number of nitrogens with one attached hydrogen (secondary N) is 1. The molecule has 2 heterocycles. The molecule has 6 heteroatoms. The van der Waals surface area contributed by atoms with Crippen molar-refractivity contribution in [2.24, 2.45) is 0 Å². The number of hydrogen-bond acceptors (Lipinski definition) is 4. The lowest BCUT2D eigenvalue weighted by Crippen LogP contribution is -2.55. The van der Waals surface area contributed by atoms with Gasteiger partial charge in [-0.15, -0.1) is 0 Å². The van der Waals surface area contributed by atoms with Crippen molar-refractivity contribution in [2.45, 2.75) is 18.8 Å².